The van der Waals surface area contributed by atoms with Crippen LogP contribution in [0.2, 0.25) is 0 Å². The van der Waals surface area contributed by atoms with E-state index in [1.54, 1.807) is 0 Å². The largest absolute Gasteiger partial charge is 0.308 e. The molecular weight excluding hydrogens is 186 g/mol. The van der Waals surface area contributed by atoms with Crippen LogP contribution in [0.25, 0.3) is 0 Å². The van der Waals surface area contributed by atoms with E-state index in [4.69, 9.17) is 5.84 Å². The van der Waals surface area contributed by atoms with Gasteiger partial charge in [-0.2, -0.15) is 0 Å². The Bertz CT molecular complexity index is 326. The van der Waals surface area contributed by atoms with Gasteiger partial charge in [-0.1, -0.05) is 43.2 Å². The van der Waals surface area contributed by atoms with E-state index in [2.05, 4.69) is 10.4 Å². The Hall–Kier alpha value is -1.35. The molecule has 0 aliphatic heterocycles. The van der Waals surface area contributed by atoms with Gasteiger partial charge in [-0.25, -0.2) is 5.84 Å². The number of nitrogens with zero attached hydrogens (tertiary/aromatic N) is 1. The first-order chi connectivity index (χ1) is 7.40. The van der Waals surface area contributed by atoms with Crippen LogP contribution < -0.4 is 11.3 Å². The van der Waals surface area contributed by atoms with Crippen molar-refractivity contribution in [3.8, 4) is 0 Å². The van der Waals surface area contributed by atoms with Gasteiger partial charge in [0, 0.05) is 5.56 Å². The highest BCUT2D eigenvalue weighted by Gasteiger charge is 2.14. The van der Waals surface area contributed by atoms with Gasteiger partial charge in [0.2, 0.25) is 0 Å². The van der Waals surface area contributed by atoms with E-state index < -0.39 is 0 Å². The number of amidine groups is 1. The van der Waals surface area contributed by atoms with Gasteiger partial charge in [0.25, 0.3) is 0 Å². The molecule has 0 spiro atoms. The molecule has 1 aromatic rings. The first kappa shape index (κ1) is 10.2. The summed E-state index contributed by atoms with van der Waals surface area (Å²) in [6.45, 7) is 0. The molecule has 3 heteroatoms. The van der Waals surface area contributed by atoms with Gasteiger partial charge in [-0.3, -0.25) is 4.99 Å². The summed E-state index contributed by atoms with van der Waals surface area (Å²) in [5.74, 6) is 6.31. The van der Waals surface area contributed by atoms with Gasteiger partial charge < -0.3 is 5.43 Å². The Kier molecular flexibility index (Phi) is 3.35. The van der Waals surface area contributed by atoms with Gasteiger partial charge >= 0.3 is 0 Å². The third kappa shape index (κ3) is 2.57. The molecule has 0 atom stereocenters. The summed E-state index contributed by atoms with van der Waals surface area (Å²) in [5.41, 5.74) is 3.76. The summed E-state index contributed by atoms with van der Waals surface area (Å²) < 4.78 is 0. The maximum absolute atomic E-state index is 5.50. The second-order valence-electron chi connectivity index (χ2n) is 3.93. The van der Waals surface area contributed by atoms with Gasteiger partial charge in [-0.05, 0) is 12.8 Å². The lowest BCUT2D eigenvalue weighted by Gasteiger charge is -2.09. The van der Waals surface area contributed by atoms with Crippen LogP contribution in [0.4, 0.5) is 0 Å². The predicted octanol–water partition coefficient (Wildman–Crippen LogP) is 1.84. The van der Waals surface area contributed by atoms with Gasteiger partial charge in [0.05, 0.1) is 6.04 Å². The van der Waals surface area contributed by atoms with E-state index in [0.717, 1.165) is 11.4 Å². The SMILES string of the molecule is NNC(=NC1CCCC1)c1ccccc1. The Morgan fingerprint density at radius 1 is 1.20 bits per heavy atom. The fourth-order valence-electron chi connectivity index (χ4n) is 2.01. The van der Waals surface area contributed by atoms with Gasteiger partial charge in [0.1, 0.15) is 5.84 Å². The zero-order valence-corrected chi connectivity index (χ0v) is 8.82. The predicted molar refractivity (Wildman–Crippen MR) is 62.6 cm³/mol. The Balaban J connectivity index is 2.16. The van der Waals surface area contributed by atoms with Crippen molar-refractivity contribution in [3.05, 3.63) is 35.9 Å². The second-order valence-corrected chi connectivity index (χ2v) is 3.93. The average molecular weight is 203 g/mol. The third-order valence-electron chi connectivity index (χ3n) is 2.82. The molecule has 0 heterocycles. The molecule has 1 aliphatic rings. The van der Waals surface area contributed by atoms with E-state index in [1.165, 1.54) is 25.7 Å². The highest BCUT2D eigenvalue weighted by Crippen LogP contribution is 2.21. The molecule has 0 unspecified atom stereocenters. The van der Waals surface area contributed by atoms with E-state index in [1.807, 2.05) is 30.3 Å². The van der Waals surface area contributed by atoms with Crippen LogP contribution in [0, 0.1) is 0 Å². The van der Waals surface area contributed by atoms with E-state index >= 15 is 0 Å². The molecule has 15 heavy (non-hydrogen) atoms. The standard InChI is InChI=1S/C12H17N3/c13-15-12(10-6-2-1-3-7-10)14-11-8-4-5-9-11/h1-3,6-7,11H,4-5,8-9,13H2,(H,14,15). The molecule has 1 saturated carbocycles. The molecule has 2 rings (SSSR count). The minimum atomic E-state index is 0.455. The smallest absolute Gasteiger partial charge is 0.142 e. The van der Waals surface area contributed by atoms with Crippen LogP contribution in [-0.4, -0.2) is 11.9 Å². The highest BCUT2D eigenvalue weighted by atomic mass is 15.3. The van der Waals surface area contributed by atoms with Crippen molar-refractivity contribution in [3.63, 3.8) is 0 Å². The first-order valence-electron chi connectivity index (χ1n) is 5.50. The Morgan fingerprint density at radius 2 is 1.87 bits per heavy atom. The maximum Gasteiger partial charge on any atom is 0.142 e. The summed E-state index contributed by atoms with van der Waals surface area (Å²) in [6.07, 6.45) is 4.97. The number of nitrogens with two attached hydrogens (primary N) is 1. The van der Waals surface area contributed by atoms with Crippen molar-refractivity contribution in [1.82, 2.24) is 5.43 Å². The lowest BCUT2D eigenvalue weighted by molar-refractivity contribution is 0.701. The van der Waals surface area contributed by atoms with Gasteiger partial charge in [-0.15, -0.1) is 0 Å². The fourth-order valence-corrected chi connectivity index (χ4v) is 2.01. The molecular formula is C12H17N3. The lowest BCUT2D eigenvalue weighted by atomic mass is 10.2. The molecule has 0 saturated heterocycles. The summed E-state index contributed by atoms with van der Waals surface area (Å²) >= 11 is 0. The van der Waals surface area contributed by atoms with Crippen LogP contribution in [-0.2, 0) is 0 Å². The molecule has 0 bridgehead atoms. The van der Waals surface area contributed by atoms with Crippen molar-refractivity contribution < 1.29 is 0 Å². The third-order valence-corrected chi connectivity index (χ3v) is 2.82. The number of nitrogens with one attached hydrogen (secondary N) is 1. The Labute approximate surface area is 90.4 Å². The van der Waals surface area contributed by atoms with Crippen LogP contribution in [0.1, 0.15) is 31.2 Å². The zero-order valence-electron chi connectivity index (χ0n) is 8.82. The van der Waals surface area contributed by atoms with Crippen LogP contribution >= 0.6 is 0 Å². The lowest BCUT2D eigenvalue weighted by Crippen LogP contribution is -2.32. The molecule has 1 fully saturated rings. The van der Waals surface area contributed by atoms with Crippen LogP contribution in [0.5, 0.6) is 0 Å². The minimum Gasteiger partial charge on any atom is -0.308 e. The molecule has 80 valence electrons. The first-order valence-corrected chi connectivity index (χ1v) is 5.50. The fraction of sp³-hybridized carbons (Fsp3) is 0.417. The molecule has 1 aromatic carbocycles. The molecule has 0 amide bonds. The number of hydrazine groups is 1. The summed E-state index contributed by atoms with van der Waals surface area (Å²) in [6, 6.07) is 10.5. The van der Waals surface area contributed by atoms with Crippen molar-refractivity contribution in [1.29, 1.82) is 0 Å². The van der Waals surface area contributed by atoms with E-state index in [0.29, 0.717) is 6.04 Å². The van der Waals surface area contributed by atoms with Crippen LogP contribution in [0.3, 0.4) is 0 Å². The minimum absolute atomic E-state index is 0.455. The van der Waals surface area contributed by atoms with Crippen LogP contribution in [0.15, 0.2) is 35.3 Å². The number of rotatable bonds is 2. The molecule has 1 aliphatic carbocycles. The molecule has 0 radical (unpaired) electrons. The maximum atomic E-state index is 5.50. The van der Waals surface area contributed by atoms with Crippen molar-refractivity contribution >= 4 is 5.84 Å². The monoisotopic (exact) mass is 203 g/mol. The van der Waals surface area contributed by atoms with Crippen molar-refractivity contribution in [2.24, 2.45) is 10.8 Å². The summed E-state index contributed by atoms with van der Waals surface area (Å²) in [4.78, 5) is 4.64. The number of benzene rings is 1. The quantitative estimate of drug-likeness (QED) is 0.333. The molecule has 3 N–H and O–H groups in total. The topological polar surface area (TPSA) is 50.4 Å². The summed E-state index contributed by atoms with van der Waals surface area (Å²) in [7, 11) is 0. The number of hydrogen-bond donors (Lipinski definition) is 2. The highest BCUT2D eigenvalue weighted by molar-refractivity contribution is 5.98. The summed E-state index contributed by atoms with van der Waals surface area (Å²) in [5, 5.41) is 0. The molecule has 3 nitrogen and oxygen atoms in total. The zero-order chi connectivity index (χ0) is 10.5. The van der Waals surface area contributed by atoms with E-state index in [9.17, 15) is 0 Å². The number of aliphatic imine (C=N–C) groups is 1. The number of hydrogen-bond acceptors (Lipinski definition) is 2. The van der Waals surface area contributed by atoms with Gasteiger partial charge in [0.15, 0.2) is 0 Å². The second kappa shape index (κ2) is 4.94. The Morgan fingerprint density at radius 3 is 2.47 bits per heavy atom. The van der Waals surface area contributed by atoms with Crippen molar-refractivity contribution in [2.75, 3.05) is 0 Å². The van der Waals surface area contributed by atoms with E-state index in [-0.39, 0.29) is 0 Å². The normalized spacial score (nSPS) is 18.1. The average Bonchev–Trinajstić information content (AvgIpc) is 2.80. The van der Waals surface area contributed by atoms with Crippen molar-refractivity contribution in [2.45, 2.75) is 31.7 Å². The molecule has 0 aromatic heterocycles.